The number of amides is 1. The van der Waals surface area contributed by atoms with Crippen LogP contribution in [0.2, 0.25) is 0 Å². The molecule has 1 saturated heterocycles. The predicted molar refractivity (Wildman–Crippen MR) is 112 cm³/mol. The number of morpholine rings is 1. The van der Waals surface area contributed by atoms with Crippen molar-refractivity contribution in [2.75, 3.05) is 36.5 Å². The molecular weight excluding hydrogens is 382 g/mol. The first-order valence-electron chi connectivity index (χ1n) is 9.69. The number of benzene rings is 2. The first-order valence-corrected chi connectivity index (χ1v) is 9.69. The van der Waals surface area contributed by atoms with Gasteiger partial charge in [0.15, 0.2) is 5.76 Å². The molecule has 8 nitrogen and oxygen atoms in total. The van der Waals surface area contributed by atoms with Crippen molar-refractivity contribution < 1.29 is 14.1 Å². The first-order chi connectivity index (χ1) is 14.8. The van der Waals surface area contributed by atoms with E-state index in [4.69, 9.17) is 9.26 Å². The number of fused-ring (bicyclic) bond motifs is 1. The Morgan fingerprint density at radius 1 is 1.00 bits per heavy atom. The molecule has 0 saturated carbocycles. The lowest BCUT2D eigenvalue weighted by Gasteiger charge is -2.27. The average Bonchev–Trinajstić information content (AvgIpc) is 3.24. The SMILES string of the molecule is O=C(Nc1cc(N2CCOCC2)ncn1)c1ccc2noc(-c3ccccc3)c2c1. The standard InChI is InChI=1S/C22H19N5O3/c28-22(25-19-13-20(24-14-23-19)27-8-10-29-11-9-27)16-6-7-18-17(12-16)21(30-26-18)15-4-2-1-3-5-15/h1-7,12-14H,8-11H2,(H,23,24,25,28). The fourth-order valence-electron chi connectivity index (χ4n) is 3.45. The minimum Gasteiger partial charge on any atom is -0.378 e. The fraction of sp³-hybridized carbons (Fsp3) is 0.182. The molecule has 2 aromatic carbocycles. The van der Waals surface area contributed by atoms with E-state index in [9.17, 15) is 4.79 Å². The smallest absolute Gasteiger partial charge is 0.256 e. The summed E-state index contributed by atoms with van der Waals surface area (Å²) in [6.45, 7) is 2.84. The maximum atomic E-state index is 12.9. The van der Waals surface area contributed by atoms with Crippen LogP contribution >= 0.6 is 0 Å². The number of rotatable bonds is 4. The molecule has 1 fully saturated rings. The number of hydrogen-bond acceptors (Lipinski definition) is 7. The van der Waals surface area contributed by atoms with Gasteiger partial charge in [-0.2, -0.15) is 0 Å². The molecular formula is C22H19N5O3. The maximum absolute atomic E-state index is 12.9. The quantitative estimate of drug-likeness (QED) is 0.560. The van der Waals surface area contributed by atoms with Gasteiger partial charge in [0.05, 0.1) is 18.6 Å². The Morgan fingerprint density at radius 2 is 1.83 bits per heavy atom. The van der Waals surface area contributed by atoms with Crippen molar-refractivity contribution in [3.05, 3.63) is 66.5 Å². The zero-order valence-corrected chi connectivity index (χ0v) is 16.1. The van der Waals surface area contributed by atoms with Gasteiger partial charge in [-0.1, -0.05) is 35.5 Å². The summed E-state index contributed by atoms with van der Waals surface area (Å²) in [5, 5.41) is 7.74. The third-order valence-corrected chi connectivity index (χ3v) is 5.00. The molecule has 0 unspecified atom stereocenters. The van der Waals surface area contributed by atoms with Crippen LogP contribution < -0.4 is 10.2 Å². The van der Waals surface area contributed by atoms with E-state index in [0.29, 0.717) is 35.9 Å². The number of nitrogens with one attached hydrogen (secondary N) is 1. The lowest BCUT2D eigenvalue weighted by molar-refractivity contribution is 0.102. The number of ether oxygens (including phenoxy) is 1. The molecule has 0 aliphatic carbocycles. The number of nitrogens with zero attached hydrogens (tertiary/aromatic N) is 4. The monoisotopic (exact) mass is 401 g/mol. The second-order valence-corrected chi connectivity index (χ2v) is 6.92. The Hall–Kier alpha value is -3.78. The van der Waals surface area contributed by atoms with Crippen molar-refractivity contribution in [2.24, 2.45) is 0 Å². The minimum absolute atomic E-state index is 0.260. The van der Waals surface area contributed by atoms with Crippen LogP contribution in [0.25, 0.3) is 22.2 Å². The molecule has 1 aliphatic rings. The Morgan fingerprint density at radius 3 is 2.67 bits per heavy atom. The Kier molecular flexibility index (Phi) is 4.82. The van der Waals surface area contributed by atoms with E-state index in [0.717, 1.165) is 29.9 Å². The summed E-state index contributed by atoms with van der Waals surface area (Å²) in [4.78, 5) is 23.5. The van der Waals surface area contributed by atoms with Gasteiger partial charge in [0.25, 0.3) is 5.91 Å². The number of carbonyl (C=O) groups is 1. The zero-order chi connectivity index (χ0) is 20.3. The molecule has 2 aromatic heterocycles. The minimum atomic E-state index is -0.260. The highest BCUT2D eigenvalue weighted by molar-refractivity contribution is 6.07. The van der Waals surface area contributed by atoms with E-state index in [1.54, 1.807) is 24.3 Å². The van der Waals surface area contributed by atoms with E-state index >= 15 is 0 Å². The molecule has 1 aliphatic heterocycles. The molecule has 3 heterocycles. The van der Waals surface area contributed by atoms with Gasteiger partial charge in [0.1, 0.15) is 23.5 Å². The van der Waals surface area contributed by atoms with Crippen molar-refractivity contribution in [2.45, 2.75) is 0 Å². The maximum Gasteiger partial charge on any atom is 0.256 e. The van der Waals surface area contributed by atoms with E-state index in [1.165, 1.54) is 6.33 Å². The van der Waals surface area contributed by atoms with Crippen LogP contribution in [0.3, 0.4) is 0 Å². The molecule has 0 atom stereocenters. The van der Waals surface area contributed by atoms with Gasteiger partial charge in [-0.25, -0.2) is 9.97 Å². The number of anilines is 2. The fourth-order valence-corrected chi connectivity index (χ4v) is 3.45. The van der Waals surface area contributed by atoms with Gasteiger partial charge in [0, 0.05) is 30.3 Å². The highest BCUT2D eigenvalue weighted by Crippen LogP contribution is 2.29. The van der Waals surface area contributed by atoms with E-state index < -0.39 is 0 Å². The van der Waals surface area contributed by atoms with Crippen molar-refractivity contribution in [3.8, 4) is 11.3 Å². The van der Waals surface area contributed by atoms with Crippen LogP contribution in [-0.2, 0) is 4.74 Å². The van der Waals surface area contributed by atoms with Gasteiger partial charge in [-0.15, -0.1) is 0 Å². The predicted octanol–water partition coefficient (Wildman–Crippen LogP) is 3.37. The van der Waals surface area contributed by atoms with Crippen molar-refractivity contribution >= 4 is 28.4 Å². The van der Waals surface area contributed by atoms with Crippen LogP contribution in [0.5, 0.6) is 0 Å². The Bertz CT molecular complexity index is 1190. The van der Waals surface area contributed by atoms with E-state index in [2.05, 4.69) is 25.3 Å². The highest BCUT2D eigenvalue weighted by Gasteiger charge is 2.16. The van der Waals surface area contributed by atoms with Crippen LogP contribution in [-0.4, -0.2) is 47.3 Å². The van der Waals surface area contributed by atoms with E-state index in [1.807, 2.05) is 30.3 Å². The second-order valence-electron chi connectivity index (χ2n) is 6.92. The molecule has 8 heteroatoms. The average molecular weight is 401 g/mol. The zero-order valence-electron chi connectivity index (χ0n) is 16.1. The molecule has 30 heavy (non-hydrogen) atoms. The topological polar surface area (TPSA) is 93.4 Å². The van der Waals surface area contributed by atoms with Crippen LogP contribution in [0.4, 0.5) is 11.6 Å². The van der Waals surface area contributed by atoms with Crippen molar-refractivity contribution in [1.29, 1.82) is 0 Å². The van der Waals surface area contributed by atoms with Crippen molar-refractivity contribution in [3.63, 3.8) is 0 Å². The summed E-state index contributed by atoms with van der Waals surface area (Å²) in [5.41, 5.74) is 2.10. The Balaban J connectivity index is 1.40. The summed E-state index contributed by atoms with van der Waals surface area (Å²) in [7, 11) is 0. The number of carbonyl (C=O) groups excluding carboxylic acids is 1. The largest absolute Gasteiger partial charge is 0.378 e. The van der Waals surface area contributed by atoms with Gasteiger partial charge < -0.3 is 19.5 Å². The molecule has 0 bridgehead atoms. The lowest BCUT2D eigenvalue weighted by atomic mass is 10.1. The molecule has 4 aromatic rings. The second kappa shape index (κ2) is 7.92. The number of hydrogen-bond donors (Lipinski definition) is 1. The summed E-state index contributed by atoms with van der Waals surface area (Å²) < 4.78 is 10.9. The van der Waals surface area contributed by atoms with Crippen LogP contribution in [0.15, 0.2) is 65.4 Å². The van der Waals surface area contributed by atoms with Gasteiger partial charge >= 0.3 is 0 Å². The third kappa shape index (κ3) is 3.60. The Labute approximate surface area is 172 Å². The van der Waals surface area contributed by atoms with E-state index in [-0.39, 0.29) is 5.91 Å². The van der Waals surface area contributed by atoms with Crippen LogP contribution in [0.1, 0.15) is 10.4 Å². The summed E-state index contributed by atoms with van der Waals surface area (Å²) in [6, 6.07) is 16.8. The van der Waals surface area contributed by atoms with Gasteiger partial charge in [-0.05, 0) is 18.2 Å². The molecule has 5 rings (SSSR count). The summed E-state index contributed by atoms with van der Waals surface area (Å²) >= 11 is 0. The van der Waals surface area contributed by atoms with Gasteiger partial charge in [0.2, 0.25) is 0 Å². The third-order valence-electron chi connectivity index (χ3n) is 5.00. The van der Waals surface area contributed by atoms with Crippen molar-refractivity contribution in [1.82, 2.24) is 15.1 Å². The molecule has 150 valence electrons. The summed E-state index contributed by atoms with van der Waals surface area (Å²) in [5.74, 6) is 1.59. The highest BCUT2D eigenvalue weighted by atomic mass is 16.5. The molecule has 0 radical (unpaired) electrons. The van der Waals surface area contributed by atoms with Crippen LogP contribution in [0, 0.1) is 0 Å². The first kappa shape index (κ1) is 18.3. The number of aromatic nitrogens is 3. The normalized spacial score (nSPS) is 14.1. The summed E-state index contributed by atoms with van der Waals surface area (Å²) in [6.07, 6.45) is 1.46. The molecule has 0 spiro atoms. The van der Waals surface area contributed by atoms with Gasteiger partial charge in [-0.3, -0.25) is 4.79 Å². The molecule has 1 amide bonds. The molecule has 1 N–H and O–H groups in total. The lowest BCUT2D eigenvalue weighted by Crippen LogP contribution is -2.36.